The average molecular weight is 458 g/mol. The molecular weight excluding hydrogens is 434 g/mol. The van der Waals surface area contributed by atoms with Crippen LogP contribution in [0.5, 0.6) is 0 Å². The normalized spacial score (nSPS) is 16.2. The number of nitrogen functional groups attached to an aromatic ring is 1. The molecule has 1 unspecified atom stereocenters. The fraction of sp³-hybridized carbons (Fsp3) is 0.250. The van der Waals surface area contributed by atoms with E-state index in [1.54, 1.807) is 11.8 Å². The molecule has 0 amide bonds. The van der Waals surface area contributed by atoms with Crippen molar-refractivity contribution in [2.45, 2.75) is 36.4 Å². The Morgan fingerprint density at radius 2 is 1.91 bits per heavy atom. The molecule has 3 N–H and O–H groups in total. The zero-order valence-corrected chi connectivity index (χ0v) is 18.8. The molecule has 1 aliphatic rings. The van der Waals surface area contributed by atoms with E-state index in [4.69, 9.17) is 10.5 Å². The lowest BCUT2D eigenvalue weighted by Crippen LogP contribution is -2.16. The summed E-state index contributed by atoms with van der Waals surface area (Å²) in [4.78, 5) is 12.5. The highest BCUT2D eigenvalue weighted by atomic mass is 32.2. The van der Waals surface area contributed by atoms with Crippen molar-refractivity contribution in [2.75, 3.05) is 12.3 Å². The van der Waals surface area contributed by atoms with Gasteiger partial charge in [0.05, 0.1) is 23.9 Å². The molecule has 0 spiro atoms. The second kappa shape index (κ2) is 8.49. The van der Waals surface area contributed by atoms with Crippen LogP contribution < -0.4 is 5.73 Å². The number of benzene rings is 2. The molecule has 8 nitrogen and oxygen atoms in total. The highest BCUT2D eigenvalue weighted by Gasteiger charge is 2.23. The van der Waals surface area contributed by atoms with Gasteiger partial charge in [-0.05, 0) is 31.0 Å². The van der Waals surface area contributed by atoms with Crippen LogP contribution in [0.4, 0.5) is 5.82 Å². The first-order valence-corrected chi connectivity index (χ1v) is 12.0. The highest BCUT2D eigenvalue weighted by molar-refractivity contribution is 7.98. The first kappa shape index (κ1) is 20.2. The Morgan fingerprint density at radius 3 is 2.79 bits per heavy atom. The highest BCUT2D eigenvalue weighted by Crippen LogP contribution is 2.32. The Hall–Kier alpha value is -3.43. The topological polar surface area (TPSA) is 108 Å². The van der Waals surface area contributed by atoms with Gasteiger partial charge in [-0.25, -0.2) is 9.97 Å². The molecule has 166 valence electrons. The molecule has 1 atom stereocenters. The number of hydrogen-bond acceptors (Lipinski definition) is 7. The largest absolute Gasteiger partial charge is 0.383 e. The average Bonchev–Trinajstić information content (AvgIpc) is 3.58. The first-order valence-electron chi connectivity index (χ1n) is 11.0. The lowest BCUT2D eigenvalue weighted by Gasteiger charge is -2.14. The number of nitrogens with one attached hydrogen (secondary N) is 1. The fourth-order valence-electron chi connectivity index (χ4n) is 4.35. The second-order valence-electron chi connectivity index (χ2n) is 8.13. The minimum atomic E-state index is 0.164. The van der Waals surface area contributed by atoms with Gasteiger partial charge in [-0.15, -0.1) is 10.2 Å². The van der Waals surface area contributed by atoms with Crippen LogP contribution in [0.2, 0.25) is 0 Å². The van der Waals surface area contributed by atoms with Crippen molar-refractivity contribution in [3.8, 4) is 11.4 Å². The number of para-hydroxylation sites is 2. The van der Waals surface area contributed by atoms with E-state index >= 15 is 0 Å². The first-order chi connectivity index (χ1) is 16.3. The summed E-state index contributed by atoms with van der Waals surface area (Å²) in [6.07, 6.45) is 4.29. The van der Waals surface area contributed by atoms with Crippen LogP contribution in [0.3, 0.4) is 0 Å². The monoisotopic (exact) mass is 457 g/mol. The SMILES string of the molecule is Nc1nc(CSc2nnc(-c3c[nH]c4ccccc34)n2CC2CCCO2)nc2ccccc12. The maximum Gasteiger partial charge on any atom is 0.192 e. The number of thioether (sulfide) groups is 1. The molecule has 1 saturated heterocycles. The van der Waals surface area contributed by atoms with Gasteiger partial charge in [0.2, 0.25) is 0 Å². The predicted octanol–water partition coefficient (Wildman–Crippen LogP) is 4.42. The molecule has 33 heavy (non-hydrogen) atoms. The van der Waals surface area contributed by atoms with Crippen LogP contribution >= 0.6 is 11.8 Å². The third-order valence-corrected chi connectivity index (χ3v) is 6.93. The van der Waals surface area contributed by atoms with Gasteiger partial charge in [0.15, 0.2) is 11.0 Å². The summed E-state index contributed by atoms with van der Waals surface area (Å²) in [5.74, 6) is 2.56. The number of nitrogens with two attached hydrogens (primary N) is 1. The molecule has 0 aliphatic carbocycles. The summed E-state index contributed by atoms with van der Waals surface area (Å²) in [7, 11) is 0. The van der Waals surface area contributed by atoms with E-state index in [2.05, 4.69) is 41.8 Å². The van der Waals surface area contributed by atoms with Crippen molar-refractivity contribution in [1.82, 2.24) is 29.7 Å². The van der Waals surface area contributed by atoms with Crippen molar-refractivity contribution in [2.24, 2.45) is 0 Å². The number of anilines is 1. The molecular formula is C24H23N7OS. The molecule has 1 fully saturated rings. The molecule has 0 bridgehead atoms. The van der Waals surface area contributed by atoms with Crippen LogP contribution in [0, 0.1) is 0 Å². The summed E-state index contributed by atoms with van der Waals surface area (Å²) in [5, 5.41) is 11.9. The van der Waals surface area contributed by atoms with Gasteiger partial charge in [-0.1, -0.05) is 42.1 Å². The van der Waals surface area contributed by atoms with Gasteiger partial charge in [-0.3, -0.25) is 4.57 Å². The summed E-state index contributed by atoms with van der Waals surface area (Å²) in [5.41, 5.74) is 9.13. The zero-order valence-electron chi connectivity index (χ0n) is 17.9. The van der Waals surface area contributed by atoms with Crippen LogP contribution in [0.15, 0.2) is 59.9 Å². The zero-order chi connectivity index (χ0) is 22.2. The lowest BCUT2D eigenvalue weighted by molar-refractivity contribution is 0.0953. The van der Waals surface area contributed by atoms with Gasteiger partial charge in [0.25, 0.3) is 0 Å². The molecule has 4 heterocycles. The lowest BCUT2D eigenvalue weighted by atomic mass is 10.1. The third-order valence-electron chi connectivity index (χ3n) is 5.97. The van der Waals surface area contributed by atoms with E-state index in [-0.39, 0.29) is 6.10 Å². The molecule has 0 saturated carbocycles. The maximum absolute atomic E-state index is 6.17. The molecule has 6 rings (SSSR count). The Morgan fingerprint density at radius 1 is 1.06 bits per heavy atom. The van der Waals surface area contributed by atoms with Gasteiger partial charge >= 0.3 is 0 Å². The Bertz CT molecular complexity index is 1440. The Kier molecular flexibility index (Phi) is 5.20. The molecule has 9 heteroatoms. The number of ether oxygens (including phenoxy) is 1. The number of aromatic amines is 1. The van der Waals surface area contributed by atoms with Crippen molar-refractivity contribution in [3.63, 3.8) is 0 Å². The summed E-state index contributed by atoms with van der Waals surface area (Å²) in [6.45, 7) is 1.52. The van der Waals surface area contributed by atoms with E-state index in [9.17, 15) is 0 Å². The number of H-pyrrole nitrogens is 1. The van der Waals surface area contributed by atoms with E-state index in [0.29, 0.717) is 23.9 Å². The van der Waals surface area contributed by atoms with Gasteiger partial charge in [-0.2, -0.15) is 0 Å². The van der Waals surface area contributed by atoms with E-state index in [1.807, 2.05) is 42.6 Å². The predicted molar refractivity (Wildman–Crippen MR) is 130 cm³/mol. The third kappa shape index (κ3) is 3.83. The smallest absolute Gasteiger partial charge is 0.192 e. The van der Waals surface area contributed by atoms with Crippen LogP contribution in [-0.2, 0) is 17.0 Å². The quantitative estimate of drug-likeness (QED) is 0.363. The minimum Gasteiger partial charge on any atom is -0.383 e. The fourth-order valence-corrected chi connectivity index (χ4v) is 5.16. The number of rotatable bonds is 6. The maximum atomic E-state index is 6.17. The molecule has 2 aromatic carbocycles. The van der Waals surface area contributed by atoms with Gasteiger partial charge in [0.1, 0.15) is 11.6 Å². The number of hydrogen-bond donors (Lipinski definition) is 2. The Balaban J connectivity index is 1.34. The summed E-state index contributed by atoms with van der Waals surface area (Å²) < 4.78 is 8.10. The molecule has 0 radical (unpaired) electrons. The number of fused-ring (bicyclic) bond motifs is 2. The Labute approximate surface area is 194 Å². The van der Waals surface area contributed by atoms with E-state index < -0.39 is 0 Å². The van der Waals surface area contributed by atoms with Crippen molar-refractivity contribution in [3.05, 3.63) is 60.6 Å². The number of aromatic nitrogens is 6. The van der Waals surface area contributed by atoms with Crippen molar-refractivity contribution in [1.29, 1.82) is 0 Å². The standard InChI is InChI=1S/C24H23N7OS/c25-22-17-8-2-4-10-20(17)27-21(28-22)14-33-24-30-29-23(31(24)13-15-6-5-11-32-15)18-12-26-19-9-3-1-7-16(18)19/h1-4,7-10,12,15,26H,5-6,11,13-14H2,(H2,25,27,28). The number of nitrogens with zero attached hydrogens (tertiary/aromatic N) is 5. The van der Waals surface area contributed by atoms with Crippen molar-refractivity contribution >= 4 is 39.4 Å². The minimum absolute atomic E-state index is 0.164. The van der Waals surface area contributed by atoms with E-state index in [1.165, 1.54) is 0 Å². The van der Waals surface area contributed by atoms with Crippen molar-refractivity contribution < 1.29 is 4.74 Å². The summed E-state index contributed by atoms with van der Waals surface area (Å²) in [6, 6.07) is 16.0. The molecule has 1 aliphatic heterocycles. The van der Waals surface area contributed by atoms with Crippen LogP contribution in [0.25, 0.3) is 33.2 Å². The van der Waals surface area contributed by atoms with Gasteiger partial charge < -0.3 is 15.5 Å². The summed E-state index contributed by atoms with van der Waals surface area (Å²) >= 11 is 1.57. The van der Waals surface area contributed by atoms with Crippen LogP contribution in [-0.4, -0.2) is 42.4 Å². The van der Waals surface area contributed by atoms with Gasteiger partial charge in [0, 0.05) is 34.7 Å². The molecule has 5 aromatic rings. The molecule has 3 aromatic heterocycles. The van der Waals surface area contributed by atoms with E-state index in [0.717, 1.165) is 57.8 Å². The second-order valence-corrected chi connectivity index (χ2v) is 9.07. The van der Waals surface area contributed by atoms with Crippen LogP contribution in [0.1, 0.15) is 18.7 Å².